The van der Waals surface area contributed by atoms with Crippen LogP contribution >= 0.6 is 0 Å². The Morgan fingerprint density at radius 3 is 1.27 bits per heavy atom. The second-order valence-corrected chi connectivity index (χ2v) is 18.9. The Hall–Kier alpha value is -2.18. The molecule has 0 saturated heterocycles. The molecule has 6 nitrogen and oxygen atoms in total. The fraction of sp³-hybridized carbons (Fsp3) is 0.828. The van der Waals surface area contributed by atoms with E-state index in [1.54, 1.807) is 6.08 Å². The van der Waals surface area contributed by atoms with Gasteiger partial charge in [0.1, 0.15) is 0 Å². The summed E-state index contributed by atoms with van der Waals surface area (Å²) in [5.41, 5.74) is 0. The Morgan fingerprint density at radius 2 is 0.812 bits per heavy atom. The van der Waals surface area contributed by atoms with Crippen LogP contribution in [-0.4, -0.2) is 47.4 Å². The monoisotopic (exact) mass is 898 g/mol. The number of hydrogen-bond acceptors (Lipinski definition) is 5. The minimum atomic E-state index is -0.856. The zero-order chi connectivity index (χ0) is 46.5. The molecular formula is C58H107NO5. The minimum absolute atomic E-state index is 0.0198. The highest BCUT2D eigenvalue weighted by Gasteiger charge is 2.18. The fourth-order valence-corrected chi connectivity index (χ4v) is 8.25. The van der Waals surface area contributed by atoms with Crippen LogP contribution in [0.1, 0.15) is 284 Å². The van der Waals surface area contributed by atoms with E-state index in [0.717, 1.165) is 77.0 Å². The van der Waals surface area contributed by atoms with E-state index < -0.39 is 12.1 Å². The Labute approximate surface area is 397 Å². The lowest BCUT2D eigenvalue weighted by molar-refractivity contribution is -0.143. The first kappa shape index (κ1) is 61.8. The number of nitrogens with one attached hydrogen (secondary N) is 1. The van der Waals surface area contributed by atoms with Crippen LogP contribution in [-0.2, 0) is 14.3 Å². The van der Waals surface area contributed by atoms with Crippen molar-refractivity contribution in [3.05, 3.63) is 48.6 Å². The molecule has 0 aromatic rings. The van der Waals surface area contributed by atoms with Gasteiger partial charge in [-0.1, -0.05) is 236 Å². The number of unbranched alkanes of at least 4 members (excludes halogenated alkanes) is 34. The van der Waals surface area contributed by atoms with Crippen LogP contribution in [0.15, 0.2) is 48.6 Å². The number of rotatable bonds is 51. The molecule has 0 heterocycles. The molecule has 3 N–H and O–H groups in total. The molecule has 0 aliphatic rings. The van der Waals surface area contributed by atoms with Gasteiger partial charge in [0.15, 0.2) is 0 Å². The quantitative estimate of drug-likeness (QED) is 0.0321. The van der Waals surface area contributed by atoms with Crippen molar-refractivity contribution in [2.24, 2.45) is 0 Å². The zero-order valence-electron chi connectivity index (χ0n) is 42.5. The normalized spacial score (nSPS) is 13.0. The molecule has 6 heteroatoms. The summed E-state index contributed by atoms with van der Waals surface area (Å²) in [6.45, 7) is 4.81. The third-order valence-electron chi connectivity index (χ3n) is 12.5. The second-order valence-electron chi connectivity index (χ2n) is 18.9. The molecule has 2 unspecified atom stereocenters. The Bertz CT molecular complexity index is 1080. The maximum Gasteiger partial charge on any atom is 0.305 e. The summed E-state index contributed by atoms with van der Waals surface area (Å²) in [7, 11) is 0. The van der Waals surface area contributed by atoms with Gasteiger partial charge in [0, 0.05) is 12.8 Å². The molecule has 0 spiro atoms. The lowest BCUT2D eigenvalue weighted by Crippen LogP contribution is -2.45. The van der Waals surface area contributed by atoms with Crippen LogP contribution < -0.4 is 5.32 Å². The van der Waals surface area contributed by atoms with Gasteiger partial charge in [-0.25, -0.2) is 0 Å². The SMILES string of the molecule is CCC/C=C\C/C=C\CCCCCCCC(=O)OCCCCCCCCC/C=C\CCCCCCCC(=O)NC(CO)C(O)/C=C/CCCCCCCCCCCCCCCCCC. The molecule has 64 heavy (non-hydrogen) atoms. The number of esters is 1. The van der Waals surface area contributed by atoms with Gasteiger partial charge in [0.05, 0.1) is 25.4 Å². The number of ether oxygens (including phenoxy) is 1. The van der Waals surface area contributed by atoms with Crippen LogP contribution in [0.4, 0.5) is 0 Å². The van der Waals surface area contributed by atoms with E-state index in [9.17, 15) is 19.8 Å². The first-order chi connectivity index (χ1) is 31.5. The molecule has 2 atom stereocenters. The molecule has 0 bridgehead atoms. The second kappa shape index (κ2) is 53.4. The van der Waals surface area contributed by atoms with Gasteiger partial charge >= 0.3 is 5.97 Å². The van der Waals surface area contributed by atoms with Gasteiger partial charge < -0.3 is 20.3 Å². The number of amides is 1. The van der Waals surface area contributed by atoms with E-state index in [0.29, 0.717) is 19.4 Å². The van der Waals surface area contributed by atoms with Crippen molar-refractivity contribution in [1.82, 2.24) is 5.32 Å². The van der Waals surface area contributed by atoms with E-state index in [1.807, 2.05) is 6.08 Å². The smallest absolute Gasteiger partial charge is 0.305 e. The van der Waals surface area contributed by atoms with Gasteiger partial charge in [-0.3, -0.25) is 9.59 Å². The summed E-state index contributed by atoms with van der Waals surface area (Å²) >= 11 is 0. The molecule has 0 radical (unpaired) electrons. The Kier molecular flexibility index (Phi) is 51.6. The van der Waals surface area contributed by atoms with Crippen LogP contribution in [0.2, 0.25) is 0 Å². The Morgan fingerprint density at radius 1 is 0.438 bits per heavy atom. The van der Waals surface area contributed by atoms with Crippen molar-refractivity contribution in [2.45, 2.75) is 296 Å². The summed E-state index contributed by atoms with van der Waals surface area (Å²) in [6, 6.07) is -0.642. The largest absolute Gasteiger partial charge is 0.466 e. The highest BCUT2D eigenvalue weighted by Crippen LogP contribution is 2.16. The maximum absolute atomic E-state index is 12.5. The van der Waals surface area contributed by atoms with Crippen LogP contribution in [0.5, 0.6) is 0 Å². The maximum atomic E-state index is 12.5. The van der Waals surface area contributed by atoms with Gasteiger partial charge in [-0.2, -0.15) is 0 Å². The van der Waals surface area contributed by atoms with Crippen LogP contribution in [0.25, 0.3) is 0 Å². The van der Waals surface area contributed by atoms with Crippen molar-refractivity contribution < 1.29 is 24.5 Å². The van der Waals surface area contributed by atoms with E-state index in [-0.39, 0.29) is 18.5 Å². The molecule has 0 saturated carbocycles. The number of aliphatic hydroxyl groups is 2. The highest BCUT2D eigenvalue weighted by molar-refractivity contribution is 5.76. The summed E-state index contributed by atoms with van der Waals surface area (Å²) in [5.74, 6) is -0.105. The van der Waals surface area contributed by atoms with E-state index in [4.69, 9.17) is 4.74 Å². The molecule has 0 rings (SSSR count). The molecule has 0 fully saturated rings. The van der Waals surface area contributed by atoms with Gasteiger partial charge in [0.2, 0.25) is 5.91 Å². The van der Waals surface area contributed by atoms with Crippen LogP contribution in [0.3, 0.4) is 0 Å². The molecule has 374 valence electrons. The van der Waals surface area contributed by atoms with E-state index >= 15 is 0 Å². The van der Waals surface area contributed by atoms with Gasteiger partial charge in [-0.05, 0) is 83.5 Å². The van der Waals surface area contributed by atoms with Gasteiger partial charge in [-0.15, -0.1) is 0 Å². The zero-order valence-corrected chi connectivity index (χ0v) is 42.5. The van der Waals surface area contributed by atoms with E-state index in [1.165, 1.54) is 180 Å². The van der Waals surface area contributed by atoms with Gasteiger partial charge in [0.25, 0.3) is 0 Å². The third-order valence-corrected chi connectivity index (χ3v) is 12.5. The topological polar surface area (TPSA) is 95.9 Å². The van der Waals surface area contributed by atoms with Crippen molar-refractivity contribution in [1.29, 1.82) is 0 Å². The first-order valence-corrected chi connectivity index (χ1v) is 27.9. The lowest BCUT2D eigenvalue weighted by atomic mass is 10.0. The highest BCUT2D eigenvalue weighted by atomic mass is 16.5. The summed E-state index contributed by atoms with van der Waals surface area (Å²) in [5, 5.41) is 23.1. The standard InChI is InChI=1S/C58H107NO5/c1-3-5-7-9-11-13-15-17-18-19-20-23-27-30-34-38-42-46-50-56(61)55(54-60)59-57(62)51-47-43-39-35-31-28-24-21-22-25-29-33-37-41-45-49-53-64-58(63)52-48-44-40-36-32-26-16-14-12-10-8-6-4-2/h8,10,14,16,21,24,46,50,55-56,60-61H,3-7,9,11-13,15,17-20,22-23,25-45,47-49,51-54H2,1-2H3,(H,59,62)/b10-8-,16-14-,24-21-,50-46+. The van der Waals surface area contributed by atoms with Crippen molar-refractivity contribution in [3.8, 4) is 0 Å². The number of carbonyl (C=O) groups excluding carboxylic acids is 2. The average Bonchev–Trinajstić information content (AvgIpc) is 3.29. The minimum Gasteiger partial charge on any atom is -0.466 e. The number of carbonyl (C=O) groups is 2. The number of allylic oxidation sites excluding steroid dienone is 7. The van der Waals surface area contributed by atoms with E-state index in [2.05, 4.69) is 55.6 Å². The number of aliphatic hydroxyl groups excluding tert-OH is 2. The molecule has 0 aliphatic carbocycles. The Balaban J connectivity index is 3.52. The third kappa shape index (κ3) is 49.3. The number of hydrogen-bond donors (Lipinski definition) is 3. The molecule has 0 aromatic carbocycles. The predicted octanol–water partition coefficient (Wildman–Crippen LogP) is 17.0. The summed E-state index contributed by atoms with van der Waals surface area (Å²) in [4.78, 5) is 24.5. The fourth-order valence-electron chi connectivity index (χ4n) is 8.25. The molecule has 0 aromatic heterocycles. The molecule has 1 amide bonds. The van der Waals surface area contributed by atoms with Crippen LogP contribution in [0, 0.1) is 0 Å². The molecular weight excluding hydrogens is 791 g/mol. The lowest BCUT2D eigenvalue weighted by Gasteiger charge is -2.20. The summed E-state index contributed by atoms with van der Waals surface area (Å²) in [6.07, 6.45) is 66.9. The first-order valence-electron chi connectivity index (χ1n) is 27.9. The van der Waals surface area contributed by atoms with Crippen molar-refractivity contribution in [2.75, 3.05) is 13.2 Å². The molecule has 0 aliphatic heterocycles. The summed E-state index contributed by atoms with van der Waals surface area (Å²) < 4.78 is 5.45. The van der Waals surface area contributed by atoms with Crippen molar-refractivity contribution >= 4 is 11.9 Å². The van der Waals surface area contributed by atoms with Crippen molar-refractivity contribution in [3.63, 3.8) is 0 Å². The predicted molar refractivity (Wildman–Crippen MR) is 278 cm³/mol. The average molecular weight is 898 g/mol.